The molecule has 2 rings (SSSR count). The third-order valence-corrected chi connectivity index (χ3v) is 3.04. The van der Waals surface area contributed by atoms with E-state index in [1.807, 2.05) is 6.07 Å². The van der Waals surface area contributed by atoms with Gasteiger partial charge in [-0.2, -0.15) is 5.26 Å². The second kappa shape index (κ2) is 5.21. The molecule has 1 aromatic heterocycles. The van der Waals surface area contributed by atoms with E-state index in [0.717, 1.165) is 11.3 Å². The molecule has 18 heavy (non-hydrogen) atoms. The number of aromatic amines is 1. The first-order valence-corrected chi connectivity index (χ1v) is 5.91. The largest absolute Gasteiger partial charge is 0.496 e. The number of nitriles is 1. The van der Waals surface area contributed by atoms with Crippen LogP contribution in [0, 0.1) is 16.0 Å². The highest BCUT2D eigenvalue weighted by Gasteiger charge is 2.08. The molecule has 1 aromatic carbocycles. The Morgan fingerprint density at radius 1 is 1.33 bits per heavy atom. The van der Waals surface area contributed by atoms with Crippen molar-refractivity contribution in [3.63, 3.8) is 0 Å². The van der Waals surface area contributed by atoms with Crippen molar-refractivity contribution in [2.24, 2.45) is 0 Å². The monoisotopic (exact) mass is 276 g/mol. The number of ether oxygens (including phenoxy) is 1. The number of rotatable bonds is 2. The molecule has 0 aliphatic heterocycles. The molecule has 0 bridgehead atoms. The number of methoxy groups -OCH3 is 1. The van der Waals surface area contributed by atoms with Crippen LogP contribution >= 0.6 is 23.8 Å². The van der Waals surface area contributed by atoms with Crippen LogP contribution in [-0.2, 0) is 0 Å². The van der Waals surface area contributed by atoms with Crippen LogP contribution in [0.15, 0.2) is 30.3 Å². The summed E-state index contributed by atoms with van der Waals surface area (Å²) in [4.78, 5) is 3.00. The zero-order chi connectivity index (χ0) is 13.1. The SMILES string of the molecule is COc1ccc(Cl)cc1-c1ccc(C#N)c(=S)[nH]1. The number of nitrogens with zero attached hydrogens (tertiary/aromatic N) is 1. The van der Waals surface area contributed by atoms with E-state index in [1.165, 1.54) is 0 Å². The fourth-order valence-corrected chi connectivity index (χ4v) is 2.01. The summed E-state index contributed by atoms with van der Waals surface area (Å²) in [5.74, 6) is 0.690. The summed E-state index contributed by atoms with van der Waals surface area (Å²) in [6.45, 7) is 0. The highest BCUT2D eigenvalue weighted by atomic mass is 35.5. The fraction of sp³-hybridized carbons (Fsp3) is 0.0769. The molecule has 0 atom stereocenters. The van der Waals surface area contributed by atoms with Gasteiger partial charge >= 0.3 is 0 Å². The van der Waals surface area contributed by atoms with E-state index < -0.39 is 0 Å². The van der Waals surface area contributed by atoms with Gasteiger partial charge in [0.25, 0.3) is 0 Å². The molecular weight excluding hydrogens is 268 g/mol. The van der Waals surface area contributed by atoms with Crippen LogP contribution in [0.25, 0.3) is 11.3 Å². The van der Waals surface area contributed by atoms with Gasteiger partial charge in [0.05, 0.1) is 18.4 Å². The molecule has 0 aliphatic rings. The number of H-pyrrole nitrogens is 1. The number of hydrogen-bond donors (Lipinski definition) is 1. The Kier molecular flexibility index (Phi) is 3.66. The Hall–Kier alpha value is -1.83. The van der Waals surface area contributed by atoms with Crippen LogP contribution in [0.1, 0.15) is 5.56 Å². The number of halogens is 1. The third kappa shape index (κ3) is 2.37. The van der Waals surface area contributed by atoms with E-state index in [1.54, 1.807) is 37.4 Å². The number of nitrogens with one attached hydrogen (secondary N) is 1. The zero-order valence-corrected chi connectivity index (χ0v) is 11.1. The van der Waals surface area contributed by atoms with E-state index in [9.17, 15) is 0 Å². The first-order valence-electron chi connectivity index (χ1n) is 5.13. The summed E-state index contributed by atoms with van der Waals surface area (Å²) >= 11 is 11.1. The van der Waals surface area contributed by atoms with Crippen molar-refractivity contribution < 1.29 is 4.74 Å². The Morgan fingerprint density at radius 3 is 2.72 bits per heavy atom. The summed E-state index contributed by atoms with van der Waals surface area (Å²) < 4.78 is 5.67. The quantitative estimate of drug-likeness (QED) is 0.845. The smallest absolute Gasteiger partial charge is 0.128 e. The molecule has 0 amide bonds. The molecule has 0 spiro atoms. The van der Waals surface area contributed by atoms with Gasteiger partial charge in [-0.25, -0.2) is 0 Å². The summed E-state index contributed by atoms with van der Waals surface area (Å²) in [5.41, 5.74) is 2.01. The molecule has 90 valence electrons. The van der Waals surface area contributed by atoms with Crippen molar-refractivity contribution in [3.05, 3.63) is 45.6 Å². The van der Waals surface area contributed by atoms with E-state index in [2.05, 4.69) is 4.98 Å². The Morgan fingerprint density at radius 2 is 2.11 bits per heavy atom. The van der Waals surface area contributed by atoms with E-state index in [-0.39, 0.29) is 0 Å². The molecule has 0 saturated heterocycles. The van der Waals surface area contributed by atoms with Gasteiger partial charge in [0.2, 0.25) is 0 Å². The van der Waals surface area contributed by atoms with Crippen molar-refractivity contribution in [3.8, 4) is 23.1 Å². The lowest BCUT2D eigenvalue weighted by atomic mass is 10.1. The van der Waals surface area contributed by atoms with Crippen LogP contribution in [0.5, 0.6) is 5.75 Å². The predicted octanol–water partition coefficient (Wildman–Crippen LogP) is 3.94. The minimum absolute atomic E-state index is 0.400. The second-order valence-electron chi connectivity index (χ2n) is 3.57. The van der Waals surface area contributed by atoms with Crippen molar-refractivity contribution in [2.45, 2.75) is 0 Å². The summed E-state index contributed by atoms with van der Waals surface area (Å²) in [7, 11) is 1.59. The number of pyridine rings is 1. The van der Waals surface area contributed by atoms with Gasteiger partial charge in [-0.1, -0.05) is 23.8 Å². The highest BCUT2D eigenvalue weighted by molar-refractivity contribution is 7.71. The van der Waals surface area contributed by atoms with Gasteiger partial charge in [0.1, 0.15) is 16.5 Å². The van der Waals surface area contributed by atoms with E-state index >= 15 is 0 Å². The van der Waals surface area contributed by atoms with Crippen LogP contribution in [0.4, 0.5) is 0 Å². The molecule has 0 unspecified atom stereocenters. The second-order valence-corrected chi connectivity index (χ2v) is 4.42. The predicted molar refractivity (Wildman–Crippen MR) is 73.3 cm³/mol. The van der Waals surface area contributed by atoms with Crippen molar-refractivity contribution in [1.29, 1.82) is 5.26 Å². The number of benzene rings is 1. The highest BCUT2D eigenvalue weighted by Crippen LogP contribution is 2.31. The molecule has 0 fully saturated rings. The molecule has 1 N–H and O–H groups in total. The van der Waals surface area contributed by atoms with Gasteiger partial charge in [0, 0.05) is 10.6 Å². The van der Waals surface area contributed by atoms with Gasteiger partial charge in [-0.3, -0.25) is 0 Å². The Labute approximate surface area is 115 Å². The average Bonchev–Trinajstić information content (AvgIpc) is 2.38. The lowest BCUT2D eigenvalue weighted by Gasteiger charge is -2.09. The van der Waals surface area contributed by atoms with Gasteiger partial charge in [0.15, 0.2) is 0 Å². The van der Waals surface area contributed by atoms with E-state index in [0.29, 0.717) is 21.0 Å². The molecule has 3 nitrogen and oxygen atoms in total. The van der Waals surface area contributed by atoms with Crippen molar-refractivity contribution in [2.75, 3.05) is 7.11 Å². The number of hydrogen-bond acceptors (Lipinski definition) is 3. The van der Waals surface area contributed by atoms with Crippen LogP contribution in [0.3, 0.4) is 0 Å². The van der Waals surface area contributed by atoms with Crippen LogP contribution in [0.2, 0.25) is 5.02 Å². The maximum Gasteiger partial charge on any atom is 0.128 e. The zero-order valence-electron chi connectivity index (χ0n) is 9.53. The Balaban J connectivity index is 2.62. The lowest BCUT2D eigenvalue weighted by Crippen LogP contribution is -1.91. The lowest BCUT2D eigenvalue weighted by molar-refractivity contribution is 0.416. The molecule has 2 aromatic rings. The average molecular weight is 277 g/mol. The van der Waals surface area contributed by atoms with Crippen molar-refractivity contribution in [1.82, 2.24) is 4.98 Å². The molecule has 1 heterocycles. The van der Waals surface area contributed by atoms with Gasteiger partial charge < -0.3 is 9.72 Å². The van der Waals surface area contributed by atoms with E-state index in [4.69, 9.17) is 33.8 Å². The fourth-order valence-electron chi connectivity index (χ4n) is 1.61. The first-order chi connectivity index (χ1) is 8.65. The maximum atomic E-state index is 8.84. The van der Waals surface area contributed by atoms with Gasteiger partial charge in [-0.15, -0.1) is 0 Å². The minimum atomic E-state index is 0.400. The van der Waals surface area contributed by atoms with Crippen molar-refractivity contribution >= 4 is 23.8 Å². The number of aromatic nitrogens is 1. The standard InChI is InChI=1S/C13H9ClN2OS/c1-17-12-5-3-9(14)6-10(12)11-4-2-8(7-15)13(18)16-11/h2-6H,1H3,(H,16,18). The summed E-state index contributed by atoms with van der Waals surface area (Å²) in [6, 6.07) is 10.8. The minimum Gasteiger partial charge on any atom is -0.496 e. The van der Waals surface area contributed by atoms with Crippen LogP contribution < -0.4 is 4.74 Å². The molecule has 5 heteroatoms. The molecular formula is C13H9ClN2OS. The first kappa shape index (κ1) is 12.6. The topological polar surface area (TPSA) is 48.8 Å². The van der Waals surface area contributed by atoms with Gasteiger partial charge in [-0.05, 0) is 30.3 Å². The summed E-state index contributed by atoms with van der Waals surface area (Å²) in [6.07, 6.45) is 0. The molecule has 0 saturated carbocycles. The maximum absolute atomic E-state index is 8.84. The Bertz CT molecular complexity index is 688. The third-order valence-electron chi connectivity index (χ3n) is 2.48. The molecule has 0 aliphatic carbocycles. The normalized spacial score (nSPS) is 9.83. The van der Waals surface area contributed by atoms with Crippen LogP contribution in [-0.4, -0.2) is 12.1 Å². The molecule has 0 radical (unpaired) electrons. The summed E-state index contributed by atoms with van der Waals surface area (Å²) in [5, 5.41) is 9.45.